The first-order valence-corrected chi connectivity index (χ1v) is 7.68. The monoisotopic (exact) mass is 307 g/mol. The third-order valence-electron chi connectivity index (χ3n) is 2.58. The van der Waals surface area contributed by atoms with Gasteiger partial charge < -0.3 is 0 Å². The molecule has 0 atom stereocenters. The summed E-state index contributed by atoms with van der Waals surface area (Å²) >= 11 is 0. The Balaban J connectivity index is 2.24. The van der Waals surface area contributed by atoms with Gasteiger partial charge in [-0.3, -0.25) is 4.18 Å². The van der Waals surface area contributed by atoms with Crippen LogP contribution < -0.4 is 0 Å². The van der Waals surface area contributed by atoms with Crippen molar-refractivity contribution < 1.29 is 12.6 Å². The standard InChI is InChI=1S/C12H13N5O3S/c1-3-20-21(18,19)8-11-7-15-17(16-11)12-4-9(2)10(5-13)6-14-12/h4,6-7H,3,8H2,1-2H3. The zero-order chi connectivity index (χ0) is 15.5. The maximum Gasteiger partial charge on any atom is 0.273 e. The molecule has 2 heterocycles. The Morgan fingerprint density at radius 3 is 2.81 bits per heavy atom. The number of aryl methyl sites for hydroxylation is 1. The Morgan fingerprint density at radius 2 is 2.19 bits per heavy atom. The second kappa shape index (κ2) is 5.99. The Morgan fingerprint density at radius 1 is 1.43 bits per heavy atom. The molecule has 0 radical (unpaired) electrons. The van der Waals surface area contributed by atoms with Gasteiger partial charge in [0.05, 0.1) is 18.4 Å². The van der Waals surface area contributed by atoms with E-state index in [2.05, 4.69) is 19.4 Å². The number of nitriles is 1. The molecule has 2 aromatic heterocycles. The van der Waals surface area contributed by atoms with Crippen molar-refractivity contribution in [3.8, 4) is 11.9 Å². The number of hydrogen-bond donors (Lipinski definition) is 0. The molecule has 2 aromatic rings. The fourth-order valence-corrected chi connectivity index (χ4v) is 2.58. The van der Waals surface area contributed by atoms with Gasteiger partial charge in [0.1, 0.15) is 17.5 Å². The van der Waals surface area contributed by atoms with Gasteiger partial charge in [0, 0.05) is 6.20 Å². The molecule has 9 heteroatoms. The summed E-state index contributed by atoms with van der Waals surface area (Å²) in [6, 6.07) is 3.67. The maximum atomic E-state index is 11.5. The van der Waals surface area contributed by atoms with E-state index in [4.69, 9.17) is 5.26 Å². The molecule has 0 fully saturated rings. The molecule has 0 aliphatic carbocycles. The quantitative estimate of drug-likeness (QED) is 0.748. The maximum absolute atomic E-state index is 11.5. The highest BCUT2D eigenvalue weighted by Gasteiger charge is 2.15. The lowest BCUT2D eigenvalue weighted by molar-refractivity contribution is 0.337. The van der Waals surface area contributed by atoms with E-state index in [0.29, 0.717) is 11.4 Å². The van der Waals surface area contributed by atoms with E-state index in [1.54, 1.807) is 19.9 Å². The van der Waals surface area contributed by atoms with Gasteiger partial charge in [0.25, 0.3) is 10.1 Å². The number of nitrogens with zero attached hydrogens (tertiary/aromatic N) is 5. The molecule has 110 valence electrons. The minimum atomic E-state index is -3.65. The van der Waals surface area contributed by atoms with Crippen molar-refractivity contribution >= 4 is 10.1 Å². The summed E-state index contributed by atoms with van der Waals surface area (Å²) in [6.45, 7) is 3.44. The molecular formula is C12H13N5O3S. The van der Waals surface area contributed by atoms with Crippen LogP contribution in [0, 0.1) is 18.3 Å². The van der Waals surface area contributed by atoms with Gasteiger partial charge in [-0.05, 0) is 25.5 Å². The van der Waals surface area contributed by atoms with Gasteiger partial charge in [-0.2, -0.15) is 23.9 Å². The number of rotatable bonds is 5. The molecule has 0 amide bonds. The van der Waals surface area contributed by atoms with Crippen molar-refractivity contribution in [1.29, 1.82) is 5.26 Å². The first-order valence-electron chi connectivity index (χ1n) is 6.10. The van der Waals surface area contributed by atoms with Gasteiger partial charge in [-0.15, -0.1) is 4.80 Å². The average Bonchev–Trinajstić information content (AvgIpc) is 2.86. The van der Waals surface area contributed by atoms with Gasteiger partial charge >= 0.3 is 0 Å². The highest BCUT2D eigenvalue weighted by molar-refractivity contribution is 7.85. The van der Waals surface area contributed by atoms with E-state index in [1.807, 2.05) is 6.07 Å². The van der Waals surface area contributed by atoms with Gasteiger partial charge in [0.2, 0.25) is 0 Å². The third kappa shape index (κ3) is 3.62. The topological polar surface area (TPSA) is 111 Å². The van der Waals surface area contributed by atoms with Crippen LogP contribution in [0.15, 0.2) is 18.5 Å². The molecule has 0 aromatic carbocycles. The molecule has 0 saturated heterocycles. The van der Waals surface area contributed by atoms with Crippen LogP contribution in [-0.2, 0) is 20.1 Å². The average molecular weight is 307 g/mol. The summed E-state index contributed by atoms with van der Waals surface area (Å²) in [6.07, 6.45) is 2.76. The Labute approximate surface area is 122 Å². The number of pyridine rings is 1. The molecule has 21 heavy (non-hydrogen) atoms. The van der Waals surface area contributed by atoms with Crippen LogP contribution >= 0.6 is 0 Å². The summed E-state index contributed by atoms with van der Waals surface area (Å²) in [5.41, 5.74) is 1.46. The first kappa shape index (κ1) is 15.1. The van der Waals surface area contributed by atoms with Crippen LogP contribution in [-0.4, -0.2) is 35.0 Å². The predicted octanol–water partition coefficient (Wildman–Crippen LogP) is 0.709. The summed E-state index contributed by atoms with van der Waals surface area (Å²) in [5.74, 6) is 0.0578. The van der Waals surface area contributed by atoms with Gasteiger partial charge in [-0.1, -0.05) is 0 Å². The molecule has 0 N–H and O–H groups in total. The molecule has 8 nitrogen and oxygen atoms in total. The van der Waals surface area contributed by atoms with Crippen LogP contribution in [0.3, 0.4) is 0 Å². The highest BCUT2D eigenvalue weighted by atomic mass is 32.2. The summed E-state index contributed by atoms with van der Waals surface area (Å²) < 4.78 is 27.7. The van der Waals surface area contributed by atoms with Crippen LogP contribution in [0.25, 0.3) is 5.82 Å². The molecule has 0 aliphatic heterocycles. The first-order chi connectivity index (χ1) is 9.95. The molecule has 2 rings (SSSR count). The van der Waals surface area contributed by atoms with Crippen molar-refractivity contribution in [2.45, 2.75) is 19.6 Å². The van der Waals surface area contributed by atoms with Gasteiger partial charge in [-0.25, -0.2) is 4.98 Å². The molecular weight excluding hydrogens is 294 g/mol. The summed E-state index contributed by atoms with van der Waals surface area (Å²) in [7, 11) is -3.65. The van der Waals surface area contributed by atoms with E-state index in [-0.39, 0.29) is 18.1 Å². The fourth-order valence-electron chi connectivity index (χ4n) is 1.64. The Bertz CT molecular complexity index is 791. The Hall–Kier alpha value is -2.31. The third-order valence-corrected chi connectivity index (χ3v) is 3.83. The highest BCUT2D eigenvalue weighted by Crippen LogP contribution is 2.10. The lowest BCUT2D eigenvalue weighted by Gasteiger charge is -2.02. The zero-order valence-electron chi connectivity index (χ0n) is 11.5. The van der Waals surface area contributed by atoms with Crippen LogP contribution in [0.2, 0.25) is 0 Å². The van der Waals surface area contributed by atoms with Crippen molar-refractivity contribution in [3.63, 3.8) is 0 Å². The lowest BCUT2D eigenvalue weighted by atomic mass is 10.2. The van der Waals surface area contributed by atoms with Gasteiger partial charge in [0.15, 0.2) is 5.82 Å². The number of hydrogen-bond acceptors (Lipinski definition) is 7. The molecule has 0 saturated carbocycles. The van der Waals surface area contributed by atoms with Crippen LogP contribution in [0.1, 0.15) is 23.7 Å². The summed E-state index contributed by atoms with van der Waals surface area (Å²) in [5, 5.41) is 16.9. The predicted molar refractivity (Wildman–Crippen MR) is 72.9 cm³/mol. The van der Waals surface area contributed by atoms with Crippen molar-refractivity contribution in [2.24, 2.45) is 0 Å². The molecule has 0 aliphatic rings. The van der Waals surface area contributed by atoms with E-state index in [0.717, 1.165) is 5.56 Å². The van der Waals surface area contributed by atoms with Crippen LogP contribution in [0.5, 0.6) is 0 Å². The minimum Gasteiger partial charge on any atom is -0.270 e. The minimum absolute atomic E-state index is 0.0762. The lowest BCUT2D eigenvalue weighted by Crippen LogP contribution is -2.09. The van der Waals surface area contributed by atoms with Crippen molar-refractivity contribution in [3.05, 3.63) is 35.3 Å². The molecule has 0 unspecified atom stereocenters. The smallest absolute Gasteiger partial charge is 0.270 e. The van der Waals surface area contributed by atoms with E-state index >= 15 is 0 Å². The second-order valence-corrected chi connectivity index (χ2v) is 5.84. The summed E-state index contributed by atoms with van der Waals surface area (Å²) in [4.78, 5) is 5.27. The molecule has 0 bridgehead atoms. The molecule has 0 spiro atoms. The SMILES string of the molecule is CCOS(=O)(=O)Cc1cnn(-c2cc(C)c(C#N)cn2)n1. The second-order valence-electron chi connectivity index (χ2n) is 4.20. The van der Waals surface area contributed by atoms with Crippen LogP contribution in [0.4, 0.5) is 0 Å². The van der Waals surface area contributed by atoms with E-state index < -0.39 is 10.1 Å². The van der Waals surface area contributed by atoms with Crippen molar-refractivity contribution in [1.82, 2.24) is 20.0 Å². The largest absolute Gasteiger partial charge is 0.273 e. The normalized spacial score (nSPS) is 11.3. The fraction of sp³-hybridized carbons (Fsp3) is 0.333. The Kier molecular flexibility index (Phi) is 4.30. The zero-order valence-corrected chi connectivity index (χ0v) is 12.3. The van der Waals surface area contributed by atoms with E-state index in [9.17, 15) is 8.42 Å². The van der Waals surface area contributed by atoms with E-state index in [1.165, 1.54) is 17.2 Å². The van der Waals surface area contributed by atoms with Crippen molar-refractivity contribution in [2.75, 3.05) is 6.61 Å². The number of aromatic nitrogens is 4.